The third-order valence-corrected chi connectivity index (χ3v) is 9.17. The highest BCUT2D eigenvalue weighted by Crippen LogP contribution is 2.30. The van der Waals surface area contributed by atoms with Crippen LogP contribution in [0.1, 0.15) is 82.5 Å². The molecule has 2 aliphatic rings. The van der Waals surface area contributed by atoms with Crippen LogP contribution in [0.15, 0.2) is 42.5 Å². The normalized spacial score (nSPS) is 22.3. The van der Waals surface area contributed by atoms with Crippen molar-refractivity contribution in [2.24, 2.45) is 11.8 Å². The third kappa shape index (κ3) is 10.4. The molecule has 2 aromatic rings. The Kier molecular flexibility index (Phi) is 13.4. The molecule has 1 aliphatic heterocycles. The van der Waals surface area contributed by atoms with Gasteiger partial charge in [0, 0.05) is 50.0 Å². The molecule has 0 unspecified atom stereocenters. The number of benzene rings is 2. The van der Waals surface area contributed by atoms with E-state index in [0.717, 1.165) is 51.4 Å². The Morgan fingerprint density at radius 2 is 1.74 bits per heavy atom. The molecule has 1 fully saturated rings. The molecule has 1 aliphatic carbocycles. The minimum absolute atomic E-state index is 0.0352. The molecule has 3 N–H and O–H groups in total. The number of likely N-dealkylation sites (N-methyl/N-ethyl adjacent to an activating group) is 1. The predicted octanol–water partition coefficient (Wildman–Crippen LogP) is 6.30. The minimum atomic E-state index is -0.529. The second-order valence-electron chi connectivity index (χ2n) is 13.2. The van der Waals surface area contributed by atoms with Crippen LogP contribution in [0, 0.1) is 17.7 Å². The molecular formula is C36H51FN4O6. The largest absolute Gasteiger partial charge is 0.490 e. The number of halogens is 1. The summed E-state index contributed by atoms with van der Waals surface area (Å²) in [6.45, 7) is 6.36. The first-order valence-electron chi connectivity index (χ1n) is 17.0. The van der Waals surface area contributed by atoms with Crippen molar-refractivity contribution in [2.45, 2.75) is 90.4 Å². The van der Waals surface area contributed by atoms with Gasteiger partial charge in [0.1, 0.15) is 11.6 Å². The lowest BCUT2D eigenvalue weighted by molar-refractivity contribution is -0.120. The van der Waals surface area contributed by atoms with Gasteiger partial charge in [-0.15, -0.1) is 0 Å². The van der Waals surface area contributed by atoms with E-state index in [1.165, 1.54) is 23.1 Å². The average Bonchev–Trinajstić information content (AvgIpc) is 3.06. The number of urea groups is 1. The summed E-state index contributed by atoms with van der Waals surface area (Å²) in [5.74, 6) is -0.662. The number of aliphatic hydroxyl groups excluding tert-OH is 1. The van der Waals surface area contributed by atoms with E-state index < -0.39 is 24.0 Å². The molecule has 258 valence electrons. The lowest BCUT2D eigenvalue weighted by atomic mass is 9.88. The summed E-state index contributed by atoms with van der Waals surface area (Å²) in [5.41, 5.74) is 1.19. The Bertz CT molecular complexity index is 1350. The average molecular weight is 655 g/mol. The Morgan fingerprint density at radius 3 is 2.47 bits per heavy atom. The number of aliphatic hydroxyl groups is 1. The summed E-state index contributed by atoms with van der Waals surface area (Å²) < 4.78 is 26.3. The number of anilines is 2. The first-order chi connectivity index (χ1) is 22.5. The number of nitrogens with one attached hydrogen (secondary N) is 2. The van der Waals surface area contributed by atoms with E-state index in [2.05, 4.69) is 10.6 Å². The predicted molar refractivity (Wildman–Crippen MR) is 180 cm³/mol. The maximum atomic E-state index is 14.3. The van der Waals surface area contributed by atoms with E-state index >= 15 is 0 Å². The number of rotatable bonds is 7. The van der Waals surface area contributed by atoms with Crippen LogP contribution in [0.25, 0.3) is 0 Å². The van der Waals surface area contributed by atoms with Crippen molar-refractivity contribution >= 4 is 29.2 Å². The van der Waals surface area contributed by atoms with E-state index in [1.807, 2.05) is 13.8 Å². The highest BCUT2D eigenvalue weighted by atomic mass is 19.1. The van der Waals surface area contributed by atoms with Gasteiger partial charge < -0.3 is 35.0 Å². The fourth-order valence-corrected chi connectivity index (χ4v) is 6.21. The number of hydrogen-bond acceptors (Lipinski definition) is 6. The van der Waals surface area contributed by atoms with Gasteiger partial charge in [0.2, 0.25) is 5.91 Å². The van der Waals surface area contributed by atoms with Gasteiger partial charge >= 0.3 is 6.03 Å². The maximum Gasteiger partial charge on any atom is 0.321 e. The van der Waals surface area contributed by atoms with E-state index in [0.29, 0.717) is 29.3 Å². The lowest BCUT2D eigenvalue weighted by Gasteiger charge is -2.35. The van der Waals surface area contributed by atoms with Crippen LogP contribution < -0.4 is 15.4 Å². The Hall–Kier alpha value is -3.70. The van der Waals surface area contributed by atoms with Gasteiger partial charge in [-0.25, -0.2) is 9.18 Å². The van der Waals surface area contributed by atoms with Crippen LogP contribution in [-0.2, 0) is 9.53 Å². The number of fused-ring (bicyclic) bond motifs is 1. The molecule has 4 amide bonds. The summed E-state index contributed by atoms with van der Waals surface area (Å²) >= 11 is 0. The highest BCUT2D eigenvalue weighted by molar-refractivity contribution is 6.00. The smallest absolute Gasteiger partial charge is 0.321 e. The summed E-state index contributed by atoms with van der Waals surface area (Å²) in [5, 5.41) is 16.0. The number of hydrogen-bond donors (Lipinski definition) is 3. The van der Waals surface area contributed by atoms with Crippen LogP contribution in [0.2, 0.25) is 0 Å². The topological polar surface area (TPSA) is 120 Å². The van der Waals surface area contributed by atoms with Crippen molar-refractivity contribution in [3.05, 3.63) is 53.8 Å². The number of ether oxygens (including phenoxy) is 2. The number of nitrogens with zero attached hydrogens (tertiary/aromatic N) is 2. The van der Waals surface area contributed by atoms with E-state index in [9.17, 15) is 23.9 Å². The van der Waals surface area contributed by atoms with Crippen molar-refractivity contribution in [2.75, 3.05) is 44.0 Å². The van der Waals surface area contributed by atoms with E-state index in [4.69, 9.17) is 9.47 Å². The SMILES string of the molecule is C[C@H](CO)N1C[C@H](C)[C@H](CN(C)C(=O)Nc2cccc(F)c2)OCCCC[C@H](C)Oc2ccc(NC(=O)C3CCCCC3)cc2C1=O. The minimum Gasteiger partial charge on any atom is -0.490 e. The van der Waals surface area contributed by atoms with Crippen LogP contribution in [0.5, 0.6) is 5.75 Å². The Morgan fingerprint density at radius 1 is 1.02 bits per heavy atom. The molecule has 0 bridgehead atoms. The lowest BCUT2D eigenvalue weighted by Crippen LogP contribution is -2.48. The van der Waals surface area contributed by atoms with Gasteiger partial charge in [0.05, 0.1) is 30.4 Å². The molecule has 4 rings (SSSR count). The van der Waals surface area contributed by atoms with Gasteiger partial charge in [-0.2, -0.15) is 0 Å². The van der Waals surface area contributed by atoms with Gasteiger partial charge in [0.15, 0.2) is 0 Å². The zero-order valence-corrected chi connectivity index (χ0v) is 28.2. The first kappa shape index (κ1) is 36.1. The van der Waals surface area contributed by atoms with E-state index in [1.54, 1.807) is 43.1 Å². The molecule has 0 saturated heterocycles. The Labute approximate surface area is 278 Å². The molecule has 0 aromatic heterocycles. The molecule has 0 radical (unpaired) electrons. The highest BCUT2D eigenvalue weighted by Gasteiger charge is 2.31. The van der Waals surface area contributed by atoms with Crippen molar-refractivity contribution < 1.29 is 33.4 Å². The molecular weight excluding hydrogens is 603 g/mol. The number of carbonyl (C=O) groups is 3. The van der Waals surface area contributed by atoms with Gasteiger partial charge in [0.25, 0.3) is 5.91 Å². The van der Waals surface area contributed by atoms with Crippen LogP contribution in [0.3, 0.4) is 0 Å². The summed E-state index contributed by atoms with van der Waals surface area (Å²) in [4.78, 5) is 43.5. The van der Waals surface area contributed by atoms with Gasteiger partial charge in [-0.05, 0) is 82.3 Å². The second-order valence-corrected chi connectivity index (χ2v) is 13.2. The fourth-order valence-electron chi connectivity index (χ4n) is 6.21. The zero-order chi connectivity index (χ0) is 33.9. The second kappa shape index (κ2) is 17.5. The molecule has 47 heavy (non-hydrogen) atoms. The molecule has 4 atom stereocenters. The van der Waals surface area contributed by atoms with Gasteiger partial charge in [-0.3, -0.25) is 9.59 Å². The molecule has 10 nitrogen and oxygen atoms in total. The van der Waals surface area contributed by atoms with Crippen LogP contribution in [0.4, 0.5) is 20.6 Å². The molecule has 1 heterocycles. The van der Waals surface area contributed by atoms with Crippen LogP contribution in [-0.4, -0.2) is 84.4 Å². The summed E-state index contributed by atoms with van der Waals surface area (Å²) in [6, 6.07) is 9.96. The standard InChI is InChI=1S/C36H51FN4O6/c1-24-21-41(25(2)23-42)35(44)31-20-30(38-34(43)27-12-6-5-7-13-27)16-17-32(31)47-26(3)11-8-9-18-46-33(24)22-40(4)36(45)39-29-15-10-14-28(37)19-29/h10,14-17,19-20,24-27,33,42H,5-9,11-13,18,21-23H2,1-4H3,(H,38,43)(H,39,45)/t24-,25+,26-,33-/m0/s1. The fraction of sp³-hybridized carbons (Fsp3) is 0.583. The van der Waals surface area contributed by atoms with Gasteiger partial charge in [-0.1, -0.05) is 32.3 Å². The van der Waals surface area contributed by atoms with Crippen LogP contribution >= 0.6 is 0 Å². The Balaban J connectivity index is 1.57. The molecule has 11 heteroatoms. The summed E-state index contributed by atoms with van der Waals surface area (Å²) in [7, 11) is 1.65. The number of amides is 4. The van der Waals surface area contributed by atoms with Crippen molar-refractivity contribution in [3.63, 3.8) is 0 Å². The molecule has 0 spiro atoms. The molecule has 2 aromatic carbocycles. The van der Waals surface area contributed by atoms with E-state index in [-0.39, 0.29) is 49.5 Å². The maximum absolute atomic E-state index is 14.3. The number of carbonyl (C=O) groups excluding carboxylic acids is 3. The first-order valence-corrected chi connectivity index (χ1v) is 17.0. The summed E-state index contributed by atoms with van der Waals surface area (Å²) in [6.07, 6.45) is 6.70. The van der Waals surface area contributed by atoms with Crippen molar-refractivity contribution in [3.8, 4) is 5.75 Å². The van der Waals surface area contributed by atoms with Crippen molar-refractivity contribution in [1.82, 2.24) is 9.80 Å². The third-order valence-electron chi connectivity index (χ3n) is 9.17. The zero-order valence-electron chi connectivity index (χ0n) is 28.2. The quantitative estimate of drug-likeness (QED) is 0.322. The molecule has 1 saturated carbocycles. The monoisotopic (exact) mass is 654 g/mol. The van der Waals surface area contributed by atoms with Crippen molar-refractivity contribution in [1.29, 1.82) is 0 Å².